The highest BCUT2D eigenvalue weighted by atomic mass is 16.2. The molecule has 1 N–H and O–H groups in total. The Labute approximate surface area is 152 Å². The molecule has 4 rings (SSSR count). The van der Waals surface area contributed by atoms with Gasteiger partial charge in [-0.15, -0.1) is 0 Å². The minimum atomic E-state index is -0.195. The van der Waals surface area contributed by atoms with E-state index in [1.165, 1.54) is 5.01 Å². The number of amidine groups is 1. The van der Waals surface area contributed by atoms with Crippen LogP contribution in [-0.4, -0.2) is 11.7 Å². The molecule has 0 saturated heterocycles. The molecule has 4 heteroatoms. The lowest BCUT2D eigenvalue weighted by molar-refractivity contribution is -0.115. The third kappa shape index (κ3) is 3.26. The fraction of sp³-hybridized carbons (Fsp3) is 0. The molecule has 0 bridgehead atoms. The summed E-state index contributed by atoms with van der Waals surface area (Å²) >= 11 is 0. The number of carbonyl (C=O) groups excluding carboxylic acids is 1. The standard InChI is InChI=1S/C22H17N3O/c26-22-20(16-17-10-4-1-5-11-17)23-21(18-12-6-2-7-13-18)24-25(22)19-14-8-3-9-15-19/h1-16H,(H,23,24)/b20-16+. The Morgan fingerprint density at radius 1 is 0.769 bits per heavy atom. The summed E-state index contributed by atoms with van der Waals surface area (Å²) in [5, 5.41) is 1.53. The van der Waals surface area contributed by atoms with Crippen LogP contribution in [0.4, 0.5) is 5.69 Å². The van der Waals surface area contributed by atoms with E-state index in [0.717, 1.165) is 16.8 Å². The number of nitrogens with one attached hydrogen (secondary N) is 1. The normalized spacial score (nSPS) is 15.5. The van der Waals surface area contributed by atoms with Crippen molar-refractivity contribution in [1.29, 1.82) is 0 Å². The fourth-order valence-corrected chi connectivity index (χ4v) is 2.75. The molecule has 0 unspecified atom stereocenters. The molecular formula is C22H17N3O. The van der Waals surface area contributed by atoms with Crippen molar-refractivity contribution in [3.05, 3.63) is 108 Å². The number of para-hydroxylation sites is 1. The molecule has 1 aliphatic heterocycles. The van der Waals surface area contributed by atoms with Crippen LogP contribution in [0, 0.1) is 0 Å². The summed E-state index contributed by atoms with van der Waals surface area (Å²) < 4.78 is 0. The van der Waals surface area contributed by atoms with Crippen molar-refractivity contribution in [3.8, 4) is 0 Å². The molecule has 0 fully saturated rings. The molecule has 3 aromatic carbocycles. The summed E-state index contributed by atoms with van der Waals surface area (Å²) in [7, 11) is 0. The molecule has 1 aliphatic rings. The highest BCUT2D eigenvalue weighted by molar-refractivity contribution is 6.16. The molecule has 0 aliphatic carbocycles. The van der Waals surface area contributed by atoms with Crippen LogP contribution in [0.15, 0.2) is 102 Å². The first-order valence-corrected chi connectivity index (χ1v) is 8.38. The predicted octanol–water partition coefficient (Wildman–Crippen LogP) is 4.03. The van der Waals surface area contributed by atoms with Gasteiger partial charge in [0.15, 0.2) is 5.84 Å². The van der Waals surface area contributed by atoms with Crippen LogP contribution in [0.25, 0.3) is 6.08 Å². The molecule has 4 nitrogen and oxygen atoms in total. The maximum absolute atomic E-state index is 13.0. The summed E-state index contributed by atoms with van der Waals surface area (Å²) in [6, 6.07) is 29.0. The molecule has 26 heavy (non-hydrogen) atoms. The summed E-state index contributed by atoms with van der Waals surface area (Å²) in [6.07, 6.45) is 1.81. The Morgan fingerprint density at radius 3 is 2.00 bits per heavy atom. The van der Waals surface area contributed by atoms with E-state index in [0.29, 0.717) is 11.5 Å². The molecular weight excluding hydrogens is 322 g/mol. The van der Waals surface area contributed by atoms with E-state index in [1.54, 1.807) is 0 Å². The van der Waals surface area contributed by atoms with Crippen LogP contribution in [0.2, 0.25) is 0 Å². The van der Waals surface area contributed by atoms with E-state index in [4.69, 9.17) is 0 Å². The maximum Gasteiger partial charge on any atom is 0.295 e. The Kier molecular flexibility index (Phi) is 4.31. The smallest absolute Gasteiger partial charge is 0.274 e. The average molecular weight is 339 g/mol. The summed E-state index contributed by atoms with van der Waals surface area (Å²) in [5.41, 5.74) is 6.14. The lowest BCUT2D eigenvalue weighted by Gasteiger charge is -2.29. The second kappa shape index (κ2) is 7.07. The lowest BCUT2D eigenvalue weighted by atomic mass is 10.1. The third-order valence-corrected chi connectivity index (χ3v) is 4.04. The van der Waals surface area contributed by atoms with E-state index in [9.17, 15) is 4.79 Å². The zero-order valence-corrected chi connectivity index (χ0v) is 14.0. The van der Waals surface area contributed by atoms with E-state index < -0.39 is 0 Å². The maximum atomic E-state index is 13.0. The molecule has 0 atom stereocenters. The molecule has 126 valence electrons. The van der Waals surface area contributed by atoms with Crippen molar-refractivity contribution >= 4 is 23.5 Å². The van der Waals surface area contributed by atoms with Crippen LogP contribution in [0.3, 0.4) is 0 Å². The number of hydrogen-bond donors (Lipinski definition) is 1. The summed E-state index contributed by atoms with van der Waals surface area (Å²) in [4.78, 5) is 17.6. The molecule has 0 saturated carbocycles. The average Bonchev–Trinajstić information content (AvgIpc) is 2.71. The monoisotopic (exact) mass is 339 g/mol. The Morgan fingerprint density at radius 2 is 1.35 bits per heavy atom. The van der Waals surface area contributed by atoms with Crippen LogP contribution in [-0.2, 0) is 4.79 Å². The molecule has 0 radical (unpaired) electrons. The minimum absolute atomic E-state index is 0.195. The minimum Gasteiger partial charge on any atom is -0.274 e. The molecule has 0 aromatic heterocycles. The van der Waals surface area contributed by atoms with Gasteiger partial charge in [-0.05, 0) is 23.8 Å². The van der Waals surface area contributed by atoms with Gasteiger partial charge in [0.2, 0.25) is 0 Å². The highest BCUT2D eigenvalue weighted by Gasteiger charge is 2.27. The van der Waals surface area contributed by atoms with Crippen LogP contribution in [0.1, 0.15) is 11.1 Å². The van der Waals surface area contributed by atoms with Crippen LogP contribution < -0.4 is 10.4 Å². The van der Waals surface area contributed by atoms with Crippen LogP contribution in [0.5, 0.6) is 0 Å². The lowest BCUT2D eigenvalue weighted by Crippen LogP contribution is -2.50. The van der Waals surface area contributed by atoms with Gasteiger partial charge in [0.25, 0.3) is 5.91 Å². The van der Waals surface area contributed by atoms with Crippen molar-refractivity contribution in [3.63, 3.8) is 0 Å². The molecule has 1 heterocycles. The largest absolute Gasteiger partial charge is 0.295 e. The Bertz CT molecular complexity index is 964. The topological polar surface area (TPSA) is 44.7 Å². The number of hydrazine groups is 1. The number of benzene rings is 3. The van der Waals surface area contributed by atoms with Crippen molar-refractivity contribution < 1.29 is 4.79 Å². The van der Waals surface area contributed by atoms with Gasteiger partial charge in [0, 0.05) is 5.56 Å². The Hall–Kier alpha value is -3.66. The SMILES string of the molecule is O=C1/C(=C\c2ccccc2)N=C(c2ccccc2)NN1c1ccccc1. The number of nitrogens with zero attached hydrogens (tertiary/aromatic N) is 2. The quantitative estimate of drug-likeness (QED) is 0.732. The highest BCUT2D eigenvalue weighted by Crippen LogP contribution is 2.21. The van der Waals surface area contributed by atoms with Crippen molar-refractivity contribution in [2.45, 2.75) is 0 Å². The predicted molar refractivity (Wildman–Crippen MR) is 104 cm³/mol. The summed E-state index contributed by atoms with van der Waals surface area (Å²) in [5.74, 6) is 0.441. The zero-order chi connectivity index (χ0) is 17.8. The number of rotatable bonds is 3. The van der Waals surface area contributed by atoms with Crippen molar-refractivity contribution in [2.24, 2.45) is 4.99 Å². The van der Waals surface area contributed by atoms with Crippen LogP contribution >= 0.6 is 0 Å². The molecule has 1 amide bonds. The van der Waals surface area contributed by atoms with Gasteiger partial charge in [-0.2, -0.15) is 0 Å². The second-order valence-electron chi connectivity index (χ2n) is 5.85. The van der Waals surface area contributed by atoms with Gasteiger partial charge in [0.1, 0.15) is 5.70 Å². The first-order chi connectivity index (χ1) is 12.8. The summed E-state index contributed by atoms with van der Waals surface area (Å²) in [6.45, 7) is 0. The van der Waals surface area contributed by atoms with Crippen molar-refractivity contribution in [2.75, 3.05) is 5.01 Å². The van der Waals surface area contributed by atoms with E-state index in [-0.39, 0.29) is 5.91 Å². The van der Waals surface area contributed by atoms with Gasteiger partial charge in [-0.3, -0.25) is 10.2 Å². The number of carbonyl (C=O) groups is 1. The third-order valence-electron chi connectivity index (χ3n) is 4.04. The second-order valence-corrected chi connectivity index (χ2v) is 5.85. The van der Waals surface area contributed by atoms with Gasteiger partial charge >= 0.3 is 0 Å². The van der Waals surface area contributed by atoms with Gasteiger partial charge in [-0.1, -0.05) is 78.9 Å². The number of amides is 1. The first kappa shape index (κ1) is 15.8. The molecule has 0 spiro atoms. The molecule has 3 aromatic rings. The van der Waals surface area contributed by atoms with Gasteiger partial charge < -0.3 is 0 Å². The van der Waals surface area contributed by atoms with E-state index in [2.05, 4.69) is 10.4 Å². The van der Waals surface area contributed by atoms with Crippen molar-refractivity contribution in [1.82, 2.24) is 5.43 Å². The van der Waals surface area contributed by atoms with E-state index >= 15 is 0 Å². The number of aliphatic imine (C=N–C) groups is 1. The first-order valence-electron chi connectivity index (χ1n) is 8.38. The van der Waals surface area contributed by atoms with E-state index in [1.807, 2.05) is 97.1 Å². The zero-order valence-electron chi connectivity index (χ0n) is 14.0. The number of hydrogen-bond acceptors (Lipinski definition) is 3. The Balaban J connectivity index is 1.80. The van der Waals surface area contributed by atoms with Gasteiger partial charge in [-0.25, -0.2) is 10.0 Å². The van der Waals surface area contributed by atoms with Gasteiger partial charge in [0.05, 0.1) is 5.69 Å². The number of anilines is 1. The fourth-order valence-electron chi connectivity index (χ4n) is 2.75.